The molecular weight excluding hydrogens is 203 g/mol. The Balaban J connectivity index is 2.72. The molecule has 1 aromatic rings. The fourth-order valence-corrected chi connectivity index (χ4v) is 2.64. The molecule has 0 aromatic heterocycles. The predicted molar refractivity (Wildman–Crippen MR) is 35.9 cm³/mol. The summed E-state index contributed by atoms with van der Waals surface area (Å²) in [5.74, 6) is 0. The van der Waals surface area contributed by atoms with Gasteiger partial charge in [0.1, 0.15) is 0 Å². The summed E-state index contributed by atoms with van der Waals surface area (Å²) < 4.78 is 0. The fraction of sp³-hybridized carbons (Fsp3) is 0.143. The monoisotopic (exact) mass is 209 g/mol. The molecule has 0 nitrogen and oxygen atoms in total. The van der Waals surface area contributed by atoms with Crippen molar-refractivity contribution in [2.24, 2.45) is 0 Å². The van der Waals surface area contributed by atoms with Crippen molar-refractivity contribution in [3.05, 3.63) is 35.9 Å². The van der Waals surface area contributed by atoms with Crippen LogP contribution in [0.4, 0.5) is 0 Å². The van der Waals surface area contributed by atoms with Gasteiger partial charge >= 0.3 is 71.4 Å². The van der Waals surface area contributed by atoms with Crippen LogP contribution in [0.25, 0.3) is 0 Å². The zero-order valence-electron chi connectivity index (χ0n) is 5.09. The number of rotatable bonds is 2. The van der Waals surface area contributed by atoms with E-state index < -0.39 is 0 Å². The van der Waals surface area contributed by atoms with E-state index in [1.807, 2.05) is 0 Å². The van der Waals surface area contributed by atoms with Crippen molar-refractivity contribution in [1.82, 2.24) is 0 Å². The molecule has 1 radical (unpaired) electrons. The first-order chi connectivity index (χ1) is 4.43. The van der Waals surface area contributed by atoms with Crippen molar-refractivity contribution in [3.63, 3.8) is 0 Å². The zero-order chi connectivity index (χ0) is 6.53. The van der Waals surface area contributed by atoms with Crippen LogP contribution in [0.2, 0.25) is 0 Å². The van der Waals surface area contributed by atoms with Crippen LogP contribution in [-0.2, 0) is 29.4 Å². The van der Waals surface area contributed by atoms with E-state index in [0.29, 0.717) is 0 Å². The molecule has 9 heavy (non-hydrogen) atoms. The third-order valence-corrected chi connectivity index (χ3v) is 3.02. The SMILES string of the molecule is [Zr+2]=[Si]Cc1ccccc1. The van der Waals surface area contributed by atoms with E-state index in [9.17, 15) is 0 Å². The summed E-state index contributed by atoms with van der Waals surface area (Å²) in [6.07, 6.45) is 1.13. The van der Waals surface area contributed by atoms with Crippen molar-refractivity contribution in [3.8, 4) is 0 Å². The molecule has 0 aliphatic rings. The van der Waals surface area contributed by atoms with Crippen LogP contribution in [0.3, 0.4) is 0 Å². The van der Waals surface area contributed by atoms with E-state index >= 15 is 0 Å². The molecule has 41 valence electrons. The maximum absolute atomic E-state index is 2.19. The molecule has 0 heterocycles. The topological polar surface area (TPSA) is 0 Å². The third-order valence-electron chi connectivity index (χ3n) is 1.14. The van der Waals surface area contributed by atoms with Gasteiger partial charge in [0.2, 0.25) is 0 Å². The van der Waals surface area contributed by atoms with Gasteiger partial charge in [-0.3, -0.25) is 0 Å². The summed E-state index contributed by atoms with van der Waals surface area (Å²) in [6.45, 7) is 0. The van der Waals surface area contributed by atoms with Crippen molar-refractivity contribution in [1.29, 1.82) is 0 Å². The van der Waals surface area contributed by atoms with Crippen LogP contribution < -0.4 is 0 Å². The molecule has 0 N–H and O–H groups in total. The Morgan fingerprint density at radius 1 is 1.22 bits per heavy atom. The van der Waals surface area contributed by atoms with Gasteiger partial charge in [-0.1, -0.05) is 0 Å². The Kier molecular flexibility index (Phi) is 3.45. The molecule has 0 atom stereocenters. The van der Waals surface area contributed by atoms with E-state index in [1.165, 1.54) is 11.6 Å². The second-order valence-corrected chi connectivity index (χ2v) is 5.15. The average Bonchev–Trinajstić information content (AvgIpc) is 1.91. The maximum atomic E-state index is 2.19. The van der Waals surface area contributed by atoms with Crippen LogP contribution >= 0.6 is 0 Å². The van der Waals surface area contributed by atoms with Gasteiger partial charge in [0, 0.05) is 0 Å². The summed E-state index contributed by atoms with van der Waals surface area (Å²) in [5, 5.41) is 0. The van der Waals surface area contributed by atoms with Crippen LogP contribution in [0, 0.1) is 0 Å². The van der Waals surface area contributed by atoms with Crippen LogP contribution in [0.1, 0.15) is 5.56 Å². The Bertz CT molecular complexity index is 183. The molecule has 0 saturated carbocycles. The van der Waals surface area contributed by atoms with Crippen LogP contribution in [0.5, 0.6) is 0 Å². The van der Waals surface area contributed by atoms with E-state index in [0.717, 1.165) is 6.16 Å². The van der Waals surface area contributed by atoms with Crippen molar-refractivity contribution < 1.29 is 23.3 Å². The molecule has 1 aromatic carbocycles. The minimum absolute atomic E-state index is 1.13. The van der Waals surface area contributed by atoms with Crippen molar-refractivity contribution >= 4 is 6.16 Å². The molecule has 0 aliphatic carbocycles. The zero-order valence-corrected chi connectivity index (χ0v) is 8.55. The van der Waals surface area contributed by atoms with Crippen LogP contribution in [0.15, 0.2) is 30.3 Å². The second-order valence-electron chi connectivity index (χ2n) is 1.84. The molecular formula is C7H7SiZr+2. The van der Waals surface area contributed by atoms with Crippen molar-refractivity contribution in [2.45, 2.75) is 6.04 Å². The van der Waals surface area contributed by atoms with E-state index in [2.05, 4.69) is 30.3 Å². The van der Waals surface area contributed by atoms with Gasteiger partial charge in [-0.05, 0) is 0 Å². The molecule has 0 saturated heterocycles. The third kappa shape index (κ3) is 2.59. The first-order valence-corrected chi connectivity index (χ1v) is 7.76. The molecule has 0 aliphatic heterocycles. The van der Waals surface area contributed by atoms with E-state index in [4.69, 9.17) is 0 Å². The van der Waals surface area contributed by atoms with Gasteiger partial charge in [-0.2, -0.15) is 0 Å². The Morgan fingerprint density at radius 2 is 1.89 bits per heavy atom. The normalized spacial score (nSPS) is 9.11. The quantitative estimate of drug-likeness (QED) is 0.647. The van der Waals surface area contributed by atoms with Crippen molar-refractivity contribution in [2.75, 3.05) is 0 Å². The molecule has 0 unspecified atom stereocenters. The van der Waals surface area contributed by atoms with Gasteiger partial charge in [-0.25, -0.2) is 0 Å². The summed E-state index contributed by atoms with van der Waals surface area (Å²) in [7, 11) is 0. The Labute approximate surface area is 71.3 Å². The van der Waals surface area contributed by atoms with Gasteiger partial charge in [-0.15, -0.1) is 0 Å². The van der Waals surface area contributed by atoms with Gasteiger partial charge in [0.05, 0.1) is 0 Å². The molecule has 2 heteroatoms. The fourth-order valence-electron chi connectivity index (χ4n) is 0.698. The van der Waals surface area contributed by atoms with E-state index in [1.54, 1.807) is 23.3 Å². The summed E-state index contributed by atoms with van der Waals surface area (Å²) in [4.78, 5) is 0. The summed E-state index contributed by atoms with van der Waals surface area (Å²) in [5.41, 5.74) is 1.48. The summed E-state index contributed by atoms with van der Waals surface area (Å²) in [6, 6.07) is 11.9. The second kappa shape index (κ2) is 4.19. The first-order valence-electron chi connectivity index (χ1n) is 2.87. The predicted octanol–water partition coefficient (Wildman–Crippen LogP) is 1.35. The first kappa shape index (κ1) is 7.43. The summed E-state index contributed by atoms with van der Waals surface area (Å²) >= 11 is 1.66. The van der Waals surface area contributed by atoms with Crippen LogP contribution in [-0.4, -0.2) is 6.16 Å². The standard InChI is InChI=1S/C7H7Si.Zr/c8-6-7-4-2-1-3-5-7;/h1-5H,6H2;/q;+2. The molecule has 0 bridgehead atoms. The molecule has 0 amide bonds. The Morgan fingerprint density at radius 3 is 2.44 bits per heavy atom. The number of hydrogen-bond donors (Lipinski definition) is 0. The van der Waals surface area contributed by atoms with Gasteiger partial charge < -0.3 is 0 Å². The van der Waals surface area contributed by atoms with E-state index in [-0.39, 0.29) is 0 Å². The van der Waals surface area contributed by atoms with Gasteiger partial charge in [0.25, 0.3) is 0 Å². The molecule has 0 spiro atoms. The Hall–Kier alpha value is 0.320. The van der Waals surface area contributed by atoms with Gasteiger partial charge in [0.15, 0.2) is 0 Å². The number of hydrogen-bond acceptors (Lipinski definition) is 0. The average molecular weight is 210 g/mol. The molecule has 0 fully saturated rings. The minimum atomic E-state index is 1.13. The molecule has 1 rings (SSSR count). The number of benzene rings is 1.